The normalized spacial score (nSPS) is 22.9. The van der Waals surface area contributed by atoms with Crippen LogP contribution in [0, 0.1) is 0 Å². The largest absolute Gasteiger partial charge is 0.374 e. The van der Waals surface area contributed by atoms with E-state index in [2.05, 4.69) is 4.72 Å². The highest BCUT2D eigenvalue weighted by Crippen LogP contribution is 2.15. The van der Waals surface area contributed by atoms with Gasteiger partial charge in [-0.25, -0.2) is 0 Å². The highest BCUT2D eigenvalue weighted by molar-refractivity contribution is 7.87. The highest BCUT2D eigenvalue weighted by Gasteiger charge is 2.30. The minimum atomic E-state index is -3.53. The van der Waals surface area contributed by atoms with Gasteiger partial charge in [0.15, 0.2) is 0 Å². The van der Waals surface area contributed by atoms with Crippen LogP contribution in [0.3, 0.4) is 0 Å². The van der Waals surface area contributed by atoms with Crippen molar-refractivity contribution >= 4 is 10.2 Å². The molecule has 1 saturated heterocycles. The van der Waals surface area contributed by atoms with E-state index >= 15 is 0 Å². The van der Waals surface area contributed by atoms with Crippen LogP contribution in [0.2, 0.25) is 0 Å². The van der Waals surface area contributed by atoms with E-state index in [1.165, 1.54) is 4.31 Å². The predicted octanol–water partition coefficient (Wildman–Crippen LogP) is 2.06. The third-order valence-corrected chi connectivity index (χ3v) is 5.35. The Balaban J connectivity index is 2.01. The first-order chi connectivity index (χ1) is 11.3. The second kappa shape index (κ2) is 8.40. The van der Waals surface area contributed by atoms with Crippen LogP contribution in [-0.4, -0.2) is 44.1 Å². The van der Waals surface area contributed by atoms with Crippen LogP contribution >= 0.6 is 0 Å². The maximum Gasteiger partial charge on any atom is 0.279 e. The zero-order valence-corrected chi connectivity index (χ0v) is 15.7. The second-order valence-electron chi connectivity index (χ2n) is 6.53. The molecule has 1 heterocycles. The average Bonchev–Trinajstić information content (AvgIpc) is 2.50. The van der Waals surface area contributed by atoms with Crippen LogP contribution in [0.25, 0.3) is 0 Å². The molecule has 1 fully saturated rings. The lowest BCUT2D eigenvalue weighted by Gasteiger charge is -2.34. The molecule has 0 amide bonds. The number of hydrogen-bond acceptors (Lipinski definition) is 4. The van der Waals surface area contributed by atoms with Gasteiger partial charge < -0.3 is 9.47 Å². The third-order valence-electron chi connectivity index (χ3n) is 3.86. The van der Waals surface area contributed by atoms with Gasteiger partial charge in [0, 0.05) is 19.6 Å². The number of rotatable bonds is 7. The van der Waals surface area contributed by atoms with Crippen molar-refractivity contribution in [1.82, 2.24) is 9.03 Å². The molecule has 136 valence electrons. The number of nitrogens with one attached hydrogen (secondary N) is 1. The Bertz CT molecular complexity index is 623. The molecule has 0 saturated carbocycles. The first-order valence-corrected chi connectivity index (χ1v) is 9.80. The van der Waals surface area contributed by atoms with Gasteiger partial charge in [0.1, 0.15) is 0 Å². The first-order valence-electron chi connectivity index (χ1n) is 8.36. The molecule has 24 heavy (non-hydrogen) atoms. The molecule has 1 aromatic rings. The zero-order valence-electron chi connectivity index (χ0n) is 14.9. The quantitative estimate of drug-likeness (QED) is 0.812. The summed E-state index contributed by atoms with van der Waals surface area (Å²) < 4.78 is 40.5. The van der Waals surface area contributed by atoms with E-state index in [-0.39, 0.29) is 24.9 Å². The molecule has 1 aliphatic rings. The fraction of sp³-hybridized carbons (Fsp3) is 0.647. The summed E-state index contributed by atoms with van der Waals surface area (Å²) in [5.74, 6) is 0. The molecular formula is C17H28N2O4S. The minimum Gasteiger partial charge on any atom is -0.374 e. The van der Waals surface area contributed by atoms with E-state index in [1.807, 2.05) is 52.0 Å². The molecule has 2 rings (SSSR count). The molecule has 2 atom stereocenters. The molecular weight excluding hydrogens is 328 g/mol. The molecule has 1 aliphatic heterocycles. The lowest BCUT2D eigenvalue weighted by atomic mass is 10.1. The Morgan fingerprint density at radius 2 is 1.79 bits per heavy atom. The number of ether oxygens (including phenoxy) is 2. The van der Waals surface area contributed by atoms with Gasteiger partial charge in [-0.2, -0.15) is 17.4 Å². The van der Waals surface area contributed by atoms with Crippen molar-refractivity contribution in [2.75, 3.05) is 13.1 Å². The molecule has 1 N–H and O–H groups in total. The molecule has 6 nitrogen and oxygen atoms in total. The summed E-state index contributed by atoms with van der Waals surface area (Å²) in [7, 11) is -3.53. The average molecular weight is 356 g/mol. The Hall–Kier alpha value is -0.990. The maximum absolute atomic E-state index is 12.6. The van der Waals surface area contributed by atoms with Crippen molar-refractivity contribution < 1.29 is 17.9 Å². The van der Waals surface area contributed by atoms with Crippen LogP contribution in [0.4, 0.5) is 0 Å². The van der Waals surface area contributed by atoms with E-state index < -0.39 is 10.2 Å². The van der Waals surface area contributed by atoms with E-state index in [9.17, 15) is 8.42 Å². The van der Waals surface area contributed by atoms with E-state index in [0.29, 0.717) is 19.7 Å². The van der Waals surface area contributed by atoms with Crippen LogP contribution in [-0.2, 0) is 32.8 Å². The smallest absolute Gasteiger partial charge is 0.279 e. The summed E-state index contributed by atoms with van der Waals surface area (Å²) in [6, 6.07) is 7.72. The highest BCUT2D eigenvalue weighted by atomic mass is 32.2. The van der Waals surface area contributed by atoms with E-state index in [1.54, 1.807) is 0 Å². The van der Waals surface area contributed by atoms with Gasteiger partial charge in [0.2, 0.25) is 0 Å². The van der Waals surface area contributed by atoms with Gasteiger partial charge in [-0.3, -0.25) is 0 Å². The summed E-state index contributed by atoms with van der Waals surface area (Å²) in [5.41, 5.74) is 1.92. The maximum atomic E-state index is 12.6. The monoisotopic (exact) mass is 356 g/mol. The summed E-state index contributed by atoms with van der Waals surface area (Å²) in [6.07, 6.45) is -0.0693. The summed E-state index contributed by atoms with van der Waals surface area (Å²) in [6.45, 7) is 9.20. The van der Waals surface area contributed by atoms with E-state index in [0.717, 1.165) is 11.1 Å². The van der Waals surface area contributed by atoms with Crippen molar-refractivity contribution in [3.8, 4) is 0 Å². The zero-order chi connectivity index (χ0) is 17.7. The molecule has 0 bridgehead atoms. The van der Waals surface area contributed by atoms with Gasteiger partial charge in [-0.05, 0) is 38.8 Å². The Morgan fingerprint density at radius 3 is 2.38 bits per heavy atom. The fourth-order valence-corrected chi connectivity index (χ4v) is 4.05. The molecule has 0 aliphatic carbocycles. The van der Waals surface area contributed by atoms with Gasteiger partial charge >= 0.3 is 0 Å². The molecule has 0 aromatic heterocycles. The second-order valence-corrected chi connectivity index (χ2v) is 8.28. The van der Waals surface area contributed by atoms with Gasteiger partial charge in [0.05, 0.1) is 24.9 Å². The number of nitrogens with zero attached hydrogens (tertiary/aromatic N) is 1. The van der Waals surface area contributed by atoms with Crippen molar-refractivity contribution in [2.45, 2.75) is 59.2 Å². The third kappa shape index (κ3) is 5.53. The Labute approximate surface area is 145 Å². The SMILES string of the molecule is CC(C)OCc1ccccc1CNS(=O)(=O)N1C[C@H](C)O[C@@H](C)C1. The standard InChI is InChI=1S/C17H28N2O4S/c1-13(2)22-12-17-8-6-5-7-16(17)9-18-24(20,21)19-10-14(3)23-15(4)11-19/h5-8,13-15,18H,9-12H2,1-4H3/t14-,15-/m0/s1. The van der Waals surface area contributed by atoms with Crippen molar-refractivity contribution in [2.24, 2.45) is 0 Å². The number of benzene rings is 1. The summed E-state index contributed by atoms with van der Waals surface area (Å²) in [5, 5.41) is 0. The minimum absolute atomic E-state index is 0.1000. The van der Waals surface area contributed by atoms with Gasteiger partial charge in [0.25, 0.3) is 10.2 Å². The number of hydrogen-bond donors (Lipinski definition) is 1. The van der Waals surface area contributed by atoms with Gasteiger partial charge in [-0.15, -0.1) is 0 Å². The van der Waals surface area contributed by atoms with Crippen molar-refractivity contribution in [3.05, 3.63) is 35.4 Å². The Morgan fingerprint density at radius 1 is 1.21 bits per heavy atom. The van der Waals surface area contributed by atoms with E-state index in [4.69, 9.17) is 9.47 Å². The van der Waals surface area contributed by atoms with Crippen LogP contribution in [0.5, 0.6) is 0 Å². The fourth-order valence-electron chi connectivity index (χ4n) is 2.71. The topological polar surface area (TPSA) is 67.9 Å². The van der Waals surface area contributed by atoms with Crippen LogP contribution in [0.15, 0.2) is 24.3 Å². The van der Waals surface area contributed by atoms with Crippen LogP contribution in [0.1, 0.15) is 38.8 Å². The first kappa shape index (κ1) is 19.3. The Kier molecular flexibility index (Phi) is 6.77. The molecule has 0 radical (unpaired) electrons. The lowest BCUT2D eigenvalue weighted by Crippen LogP contribution is -2.51. The molecule has 1 aromatic carbocycles. The van der Waals surface area contributed by atoms with Crippen molar-refractivity contribution in [3.63, 3.8) is 0 Å². The van der Waals surface area contributed by atoms with Gasteiger partial charge in [-0.1, -0.05) is 24.3 Å². The lowest BCUT2D eigenvalue weighted by molar-refractivity contribution is -0.0444. The summed E-state index contributed by atoms with van der Waals surface area (Å²) in [4.78, 5) is 0. The number of morpholine rings is 1. The molecule has 0 unspecified atom stereocenters. The molecule has 7 heteroatoms. The predicted molar refractivity (Wildman–Crippen MR) is 93.7 cm³/mol. The molecule has 0 spiro atoms. The van der Waals surface area contributed by atoms with Crippen LogP contribution < -0.4 is 4.72 Å². The van der Waals surface area contributed by atoms with Crippen molar-refractivity contribution in [1.29, 1.82) is 0 Å². The summed E-state index contributed by atoms with van der Waals surface area (Å²) >= 11 is 0.